The lowest BCUT2D eigenvalue weighted by Gasteiger charge is -2.30. The van der Waals surface area contributed by atoms with Gasteiger partial charge in [-0.25, -0.2) is 0 Å². The lowest BCUT2D eigenvalue weighted by Crippen LogP contribution is -2.34. The first-order chi connectivity index (χ1) is 8.72. The summed E-state index contributed by atoms with van der Waals surface area (Å²) in [6.07, 6.45) is 4.85. The Morgan fingerprint density at radius 1 is 1.39 bits per heavy atom. The van der Waals surface area contributed by atoms with Crippen LogP contribution in [0.2, 0.25) is 5.02 Å². The Labute approximate surface area is 122 Å². The second-order valence-electron chi connectivity index (χ2n) is 4.77. The van der Waals surface area contributed by atoms with Crippen molar-refractivity contribution in [3.8, 4) is 0 Å². The van der Waals surface area contributed by atoms with E-state index in [1.165, 1.54) is 30.6 Å². The lowest BCUT2D eigenvalue weighted by atomic mass is 9.80. The van der Waals surface area contributed by atoms with Gasteiger partial charge in [-0.15, -0.1) is 22.9 Å². The number of nitrogens with one attached hydrogen (secondary N) is 1. The maximum atomic E-state index is 11.9. The molecule has 100 valence electrons. The van der Waals surface area contributed by atoms with Crippen molar-refractivity contribution in [2.45, 2.75) is 25.7 Å². The van der Waals surface area contributed by atoms with Crippen molar-refractivity contribution in [2.75, 3.05) is 12.4 Å². The summed E-state index contributed by atoms with van der Waals surface area (Å²) in [4.78, 5) is 12.6. The Morgan fingerprint density at radius 2 is 2.11 bits per heavy atom. The number of halogens is 2. The number of carbonyl (C=O) groups is 1. The van der Waals surface area contributed by atoms with Gasteiger partial charge in [0.15, 0.2) is 0 Å². The number of amides is 1. The van der Waals surface area contributed by atoms with Gasteiger partial charge >= 0.3 is 0 Å². The van der Waals surface area contributed by atoms with Gasteiger partial charge in [-0.05, 0) is 36.1 Å². The van der Waals surface area contributed by atoms with E-state index in [1.54, 1.807) is 6.07 Å². The fourth-order valence-corrected chi connectivity index (χ4v) is 3.98. The van der Waals surface area contributed by atoms with Crippen molar-refractivity contribution in [3.63, 3.8) is 0 Å². The maximum absolute atomic E-state index is 11.9. The molecule has 0 bridgehead atoms. The largest absolute Gasteiger partial charge is 0.351 e. The van der Waals surface area contributed by atoms with Gasteiger partial charge in [0.1, 0.15) is 4.88 Å². The second kappa shape index (κ2) is 6.78. The molecule has 1 aliphatic carbocycles. The maximum Gasteiger partial charge on any atom is 0.262 e. The number of thiophene rings is 1. The summed E-state index contributed by atoms with van der Waals surface area (Å²) >= 11 is 13.3. The van der Waals surface area contributed by atoms with Crippen LogP contribution in [-0.4, -0.2) is 18.3 Å². The molecule has 0 aromatic carbocycles. The SMILES string of the molecule is O=C(NCC1CCCCC1CCl)c1sccc1Cl. The summed E-state index contributed by atoms with van der Waals surface area (Å²) in [5.41, 5.74) is 0. The Morgan fingerprint density at radius 3 is 2.72 bits per heavy atom. The van der Waals surface area contributed by atoms with Crippen LogP contribution in [0.1, 0.15) is 35.4 Å². The normalized spacial score (nSPS) is 23.9. The number of rotatable bonds is 4. The van der Waals surface area contributed by atoms with E-state index < -0.39 is 0 Å². The highest BCUT2D eigenvalue weighted by Crippen LogP contribution is 2.30. The first-order valence-corrected chi connectivity index (χ1v) is 8.08. The van der Waals surface area contributed by atoms with E-state index in [4.69, 9.17) is 23.2 Å². The zero-order valence-electron chi connectivity index (χ0n) is 10.1. The van der Waals surface area contributed by atoms with Crippen molar-refractivity contribution < 1.29 is 4.79 Å². The first kappa shape index (κ1) is 14.2. The molecule has 1 saturated carbocycles. The summed E-state index contributed by atoms with van der Waals surface area (Å²) in [7, 11) is 0. The molecule has 1 aliphatic rings. The van der Waals surface area contributed by atoms with E-state index in [0.717, 1.165) is 6.42 Å². The highest BCUT2D eigenvalue weighted by atomic mass is 35.5. The van der Waals surface area contributed by atoms with Crippen molar-refractivity contribution in [1.82, 2.24) is 5.32 Å². The third kappa shape index (κ3) is 3.40. The molecule has 1 aromatic rings. The van der Waals surface area contributed by atoms with Crippen molar-refractivity contribution in [3.05, 3.63) is 21.3 Å². The molecule has 1 amide bonds. The van der Waals surface area contributed by atoms with E-state index in [1.807, 2.05) is 5.38 Å². The number of hydrogen-bond donors (Lipinski definition) is 1. The zero-order chi connectivity index (χ0) is 13.0. The van der Waals surface area contributed by atoms with Crippen LogP contribution >= 0.6 is 34.5 Å². The van der Waals surface area contributed by atoms with Gasteiger partial charge in [0.25, 0.3) is 5.91 Å². The minimum absolute atomic E-state index is 0.0612. The third-order valence-electron chi connectivity index (χ3n) is 3.61. The number of hydrogen-bond acceptors (Lipinski definition) is 2. The van der Waals surface area contributed by atoms with Crippen LogP contribution < -0.4 is 5.32 Å². The molecule has 2 nitrogen and oxygen atoms in total. The first-order valence-electron chi connectivity index (χ1n) is 6.29. The molecular formula is C13H17Cl2NOS. The van der Waals surface area contributed by atoms with Gasteiger partial charge in [-0.2, -0.15) is 0 Å². The van der Waals surface area contributed by atoms with Crippen molar-refractivity contribution >= 4 is 40.4 Å². The molecule has 1 aromatic heterocycles. The molecular weight excluding hydrogens is 289 g/mol. The Bertz CT molecular complexity index is 407. The van der Waals surface area contributed by atoms with Gasteiger partial charge in [0.05, 0.1) is 5.02 Å². The van der Waals surface area contributed by atoms with Crippen LogP contribution in [-0.2, 0) is 0 Å². The Balaban J connectivity index is 1.87. The predicted octanol–water partition coefficient (Wildman–Crippen LogP) is 4.18. The van der Waals surface area contributed by atoms with Gasteiger partial charge < -0.3 is 5.32 Å². The van der Waals surface area contributed by atoms with Gasteiger partial charge in [-0.3, -0.25) is 4.79 Å². The average Bonchev–Trinajstić information content (AvgIpc) is 2.82. The molecule has 0 aliphatic heterocycles. The minimum Gasteiger partial charge on any atom is -0.351 e. The monoisotopic (exact) mass is 305 g/mol. The molecule has 0 radical (unpaired) electrons. The van der Waals surface area contributed by atoms with Gasteiger partial charge in [0.2, 0.25) is 0 Å². The summed E-state index contributed by atoms with van der Waals surface area (Å²) < 4.78 is 0. The molecule has 1 heterocycles. The lowest BCUT2D eigenvalue weighted by molar-refractivity contribution is 0.0941. The number of alkyl halides is 1. The molecule has 18 heavy (non-hydrogen) atoms. The molecule has 2 atom stereocenters. The fraction of sp³-hybridized carbons (Fsp3) is 0.615. The standard InChI is InChI=1S/C13H17Cl2NOS/c14-7-9-3-1-2-4-10(9)8-16-13(17)12-11(15)5-6-18-12/h5-6,9-10H,1-4,7-8H2,(H,16,17). The van der Waals surface area contributed by atoms with Crippen LogP contribution in [0.15, 0.2) is 11.4 Å². The smallest absolute Gasteiger partial charge is 0.262 e. The summed E-state index contributed by atoms with van der Waals surface area (Å²) in [6.45, 7) is 0.713. The highest BCUT2D eigenvalue weighted by molar-refractivity contribution is 7.12. The van der Waals surface area contributed by atoms with E-state index in [9.17, 15) is 4.79 Å². The quantitative estimate of drug-likeness (QED) is 0.831. The summed E-state index contributed by atoms with van der Waals surface area (Å²) in [5, 5.41) is 5.36. The topological polar surface area (TPSA) is 29.1 Å². The van der Waals surface area contributed by atoms with Crippen molar-refractivity contribution in [1.29, 1.82) is 0 Å². The minimum atomic E-state index is -0.0612. The average molecular weight is 306 g/mol. The van der Waals surface area contributed by atoms with Crippen LogP contribution in [0.5, 0.6) is 0 Å². The molecule has 0 spiro atoms. The third-order valence-corrected chi connectivity index (χ3v) is 5.35. The van der Waals surface area contributed by atoms with Gasteiger partial charge in [-0.1, -0.05) is 24.4 Å². The molecule has 2 rings (SSSR count). The molecule has 1 N–H and O–H groups in total. The Kier molecular flexibility index (Phi) is 5.34. The summed E-state index contributed by atoms with van der Waals surface area (Å²) in [6, 6.07) is 1.75. The van der Waals surface area contributed by atoms with E-state index in [2.05, 4.69) is 5.32 Å². The van der Waals surface area contributed by atoms with Crippen LogP contribution in [0.25, 0.3) is 0 Å². The molecule has 5 heteroatoms. The second-order valence-corrected chi connectivity index (χ2v) is 6.40. The Hall–Kier alpha value is -0.250. The van der Waals surface area contributed by atoms with Crippen LogP contribution in [0, 0.1) is 11.8 Å². The molecule has 0 saturated heterocycles. The molecule has 2 unspecified atom stereocenters. The van der Waals surface area contributed by atoms with Crippen LogP contribution in [0.3, 0.4) is 0 Å². The van der Waals surface area contributed by atoms with Crippen molar-refractivity contribution in [2.24, 2.45) is 11.8 Å². The zero-order valence-corrected chi connectivity index (χ0v) is 12.5. The fourth-order valence-electron chi connectivity index (χ4n) is 2.52. The highest BCUT2D eigenvalue weighted by Gasteiger charge is 2.25. The predicted molar refractivity (Wildman–Crippen MR) is 77.8 cm³/mol. The van der Waals surface area contributed by atoms with E-state index in [0.29, 0.717) is 34.2 Å². The molecule has 1 fully saturated rings. The van der Waals surface area contributed by atoms with Gasteiger partial charge in [0, 0.05) is 12.4 Å². The van der Waals surface area contributed by atoms with Crippen LogP contribution in [0.4, 0.5) is 0 Å². The van der Waals surface area contributed by atoms with E-state index >= 15 is 0 Å². The summed E-state index contributed by atoms with van der Waals surface area (Å²) in [5.74, 6) is 1.69. The number of carbonyl (C=O) groups excluding carboxylic acids is 1. The van der Waals surface area contributed by atoms with E-state index in [-0.39, 0.29) is 5.91 Å².